The number of Topliss-reactive ketones (excluding diaryl/α,β-unsaturated/α-hetero) is 1. The second-order valence-corrected chi connectivity index (χ2v) is 7.00. The smallest absolute Gasteiger partial charge is 0.135 e. The average Bonchev–Trinajstić information content (AvgIpc) is 2.42. The molecule has 0 amide bonds. The third kappa shape index (κ3) is 5.18. The minimum Gasteiger partial charge on any atom is -0.490 e. The van der Waals surface area contributed by atoms with Gasteiger partial charge in [-0.15, -0.1) is 0 Å². The Morgan fingerprint density at radius 1 is 1.45 bits per heavy atom. The van der Waals surface area contributed by atoms with Gasteiger partial charge in [-0.3, -0.25) is 9.52 Å². The quantitative estimate of drug-likeness (QED) is 0.425. The first-order valence-electron chi connectivity index (χ1n) is 7.52. The van der Waals surface area contributed by atoms with Crippen LogP contribution in [0.3, 0.4) is 0 Å². The summed E-state index contributed by atoms with van der Waals surface area (Å²) in [5.41, 5.74) is 0.809. The number of ketones is 1. The van der Waals surface area contributed by atoms with Crippen LogP contribution in [-0.2, 0) is 11.2 Å². The summed E-state index contributed by atoms with van der Waals surface area (Å²) in [7, 11) is 1.31. The van der Waals surface area contributed by atoms with Gasteiger partial charge in [0.05, 0.1) is 0 Å². The van der Waals surface area contributed by atoms with Gasteiger partial charge in [0.15, 0.2) is 0 Å². The molecule has 0 aromatic heterocycles. The molecule has 0 radical (unpaired) electrons. The zero-order chi connectivity index (χ0) is 16.1. The van der Waals surface area contributed by atoms with E-state index in [1.807, 2.05) is 19.9 Å². The highest BCUT2D eigenvalue weighted by atomic mass is 33.1. The van der Waals surface area contributed by atoms with Gasteiger partial charge in [0.1, 0.15) is 23.5 Å². The number of thiol groups is 1. The monoisotopic (exact) mass is 343 g/mol. The molecule has 1 aliphatic carbocycles. The van der Waals surface area contributed by atoms with Crippen LogP contribution in [0.5, 0.6) is 5.75 Å². The average molecular weight is 343 g/mol. The molecule has 0 aliphatic heterocycles. The first-order valence-corrected chi connectivity index (χ1v) is 9.39. The predicted octanol–water partition coefficient (Wildman–Crippen LogP) is 3.98. The van der Waals surface area contributed by atoms with Crippen molar-refractivity contribution in [1.82, 2.24) is 4.72 Å². The molecular weight excluding hydrogens is 321 g/mol. The summed E-state index contributed by atoms with van der Waals surface area (Å²) in [5, 5.41) is 0. The van der Waals surface area contributed by atoms with Crippen LogP contribution in [-0.4, -0.2) is 17.9 Å². The van der Waals surface area contributed by atoms with Crippen LogP contribution in [0.1, 0.15) is 38.7 Å². The highest BCUT2D eigenvalue weighted by molar-refractivity contribution is 8.67. The van der Waals surface area contributed by atoms with Crippen LogP contribution in [0, 0.1) is 11.7 Å². The summed E-state index contributed by atoms with van der Waals surface area (Å²) in [6.07, 6.45) is 2.90. The molecule has 1 N–H and O–H groups in total. The van der Waals surface area contributed by atoms with Gasteiger partial charge in [-0.1, -0.05) is 25.5 Å². The summed E-state index contributed by atoms with van der Waals surface area (Å²) < 4.78 is 22.6. The predicted molar refractivity (Wildman–Crippen MR) is 91.7 cm³/mol. The van der Waals surface area contributed by atoms with E-state index in [9.17, 15) is 9.18 Å². The lowest BCUT2D eigenvalue weighted by atomic mass is 9.90. The van der Waals surface area contributed by atoms with Gasteiger partial charge in [0, 0.05) is 37.3 Å². The molecular formula is C16H22FNO2S2. The number of nitrogens with one attached hydrogen (secondary N) is 1. The van der Waals surface area contributed by atoms with E-state index in [1.54, 1.807) is 0 Å². The van der Waals surface area contributed by atoms with Crippen LogP contribution in [0.25, 0.3) is 0 Å². The molecule has 1 aromatic rings. The second-order valence-electron chi connectivity index (χ2n) is 6.03. The molecule has 2 rings (SSSR count). The molecule has 22 heavy (non-hydrogen) atoms. The van der Waals surface area contributed by atoms with E-state index >= 15 is 0 Å². The number of halogens is 1. The van der Waals surface area contributed by atoms with Crippen LogP contribution in [0.15, 0.2) is 18.2 Å². The lowest BCUT2D eigenvalue weighted by molar-refractivity contribution is -0.121. The SMILES string of the molecule is CC(C)C(=O)CCc1cc(F)cc(O[C@H]2C[C@@H](NSS)C2)c1. The minimum absolute atomic E-state index is 0.0217. The maximum Gasteiger partial charge on any atom is 0.135 e. The first-order chi connectivity index (χ1) is 10.5. The molecule has 0 spiro atoms. The first kappa shape index (κ1) is 17.6. The Labute approximate surface area is 140 Å². The normalized spacial score (nSPS) is 20.8. The fourth-order valence-electron chi connectivity index (χ4n) is 2.41. The van der Waals surface area contributed by atoms with Crippen molar-refractivity contribution < 1.29 is 13.9 Å². The summed E-state index contributed by atoms with van der Waals surface area (Å²) in [6, 6.07) is 5.12. The molecule has 6 heteroatoms. The lowest BCUT2D eigenvalue weighted by Crippen LogP contribution is -2.44. The van der Waals surface area contributed by atoms with Crippen molar-refractivity contribution in [3.63, 3.8) is 0 Å². The van der Waals surface area contributed by atoms with Crippen molar-refractivity contribution in [2.45, 2.75) is 51.7 Å². The van der Waals surface area contributed by atoms with Crippen LogP contribution < -0.4 is 9.46 Å². The summed E-state index contributed by atoms with van der Waals surface area (Å²) in [5.74, 6) is 0.454. The second kappa shape index (κ2) is 8.22. The number of benzene rings is 1. The third-order valence-corrected chi connectivity index (χ3v) is 4.61. The molecule has 1 saturated carbocycles. The fraction of sp³-hybridized carbons (Fsp3) is 0.562. The van der Waals surface area contributed by atoms with Crippen molar-refractivity contribution in [1.29, 1.82) is 0 Å². The minimum atomic E-state index is -0.315. The van der Waals surface area contributed by atoms with E-state index in [1.165, 1.54) is 23.1 Å². The summed E-state index contributed by atoms with van der Waals surface area (Å²) in [4.78, 5) is 11.7. The molecule has 3 nitrogen and oxygen atoms in total. The zero-order valence-electron chi connectivity index (χ0n) is 12.8. The molecule has 0 atom stereocenters. The van der Waals surface area contributed by atoms with E-state index in [0.717, 1.165) is 18.4 Å². The van der Waals surface area contributed by atoms with E-state index in [0.29, 0.717) is 24.6 Å². The number of carbonyl (C=O) groups excluding carboxylic acids is 1. The Hall–Kier alpha value is -0.720. The maximum absolute atomic E-state index is 13.7. The van der Waals surface area contributed by atoms with Crippen molar-refractivity contribution in [3.8, 4) is 5.75 Å². The Morgan fingerprint density at radius 2 is 2.18 bits per heavy atom. The van der Waals surface area contributed by atoms with E-state index < -0.39 is 0 Å². The Balaban J connectivity index is 1.89. The number of rotatable bonds is 8. The molecule has 0 bridgehead atoms. The Bertz CT molecular complexity index is 519. The van der Waals surface area contributed by atoms with Crippen molar-refractivity contribution in [2.24, 2.45) is 5.92 Å². The highest BCUT2D eigenvalue weighted by Crippen LogP contribution is 2.28. The van der Waals surface area contributed by atoms with Crippen molar-refractivity contribution >= 4 is 28.4 Å². The number of hydrogen-bond acceptors (Lipinski definition) is 5. The third-order valence-electron chi connectivity index (χ3n) is 3.85. The van der Waals surface area contributed by atoms with Crippen LogP contribution >= 0.6 is 22.6 Å². The molecule has 0 unspecified atom stereocenters. The van der Waals surface area contributed by atoms with Crippen molar-refractivity contribution in [3.05, 3.63) is 29.6 Å². The Kier molecular flexibility index (Phi) is 6.59. The van der Waals surface area contributed by atoms with E-state index in [-0.39, 0.29) is 23.6 Å². The van der Waals surface area contributed by atoms with Gasteiger partial charge in [-0.25, -0.2) is 4.39 Å². The van der Waals surface area contributed by atoms with Crippen LogP contribution in [0.2, 0.25) is 0 Å². The molecule has 1 fully saturated rings. The van der Waals surface area contributed by atoms with E-state index in [4.69, 9.17) is 4.74 Å². The molecule has 1 aliphatic rings. The maximum atomic E-state index is 13.7. The summed E-state index contributed by atoms with van der Waals surface area (Å²) >= 11 is 4.05. The largest absolute Gasteiger partial charge is 0.490 e. The van der Waals surface area contributed by atoms with Gasteiger partial charge in [-0.05, 0) is 35.1 Å². The van der Waals surface area contributed by atoms with Gasteiger partial charge in [0.25, 0.3) is 0 Å². The standard InChI is InChI=1S/C16H22FNO2S2/c1-10(2)16(19)4-3-11-5-12(17)7-14(6-11)20-15-8-13(9-15)18-22-21/h5-7,10,13,15,18,21H,3-4,8-9H2,1-2H3/t13-,15+. The highest BCUT2D eigenvalue weighted by Gasteiger charge is 2.30. The number of ether oxygens (including phenoxy) is 1. The lowest BCUT2D eigenvalue weighted by Gasteiger charge is -2.35. The van der Waals surface area contributed by atoms with Gasteiger partial charge in [0.2, 0.25) is 0 Å². The topological polar surface area (TPSA) is 38.3 Å². The number of hydrogen-bond donors (Lipinski definition) is 2. The number of carbonyl (C=O) groups is 1. The summed E-state index contributed by atoms with van der Waals surface area (Å²) in [6.45, 7) is 3.76. The number of aryl methyl sites for hydroxylation is 1. The molecule has 0 saturated heterocycles. The van der Waals surface area contributed by atoms with Crippen LogP contribution in [0.4, 0.5) is 4.39 Å². The molecule has 1 aromatic carbocycles. The van der Waals surface area contributed by atoms with Gasteiger partial charge in [-0.2, -0.15) is 0 Å². The fourth-order valence-corrected chi connectivity index (χ4v) is 3.20. The molecule has 0 heterocycles. The Morgan fingerprint density at radius 3 is 2.82 bits per heavy atom. The van der Waals surface area contributed by atoms with E-state index in [2.05, 4.69) is 16.4 Å². The van der Waals surface area contributed by atoms with Crippen molar-refractivity contribution in [2.75, 3.05) is 0 Å². The van der Waals surface area contributed by atoms with Gasteiger partial charge < -0.3 is 4.74 Å². The zero-order valence-corrected chi connectivity index (χ0v) is 14.6. The van der Waals surface area contributed by atoms with Gasteiger partial charge >= 0.3 is 0 Å². The molecule has 122 valence electrons.